The Hall–Kier alpha value is -3.57. The maximum Gasteiger partial charge on any atom is 0.300 e. The molecule has 5 nitrogen and oxygen atoms in total. The number of ketones is 1. The Bertz CT molecular complexity index is 1140. The van der Waals surface area contributed by atoms with Crippen LogP contribution in [0.2, 0.25) is 5.02 Å². The summed E-state index contributed by atoms with van der Waals surface area (Å²) in [5.74, 6) is -1.29. The van der Waals surface area contributed by atoms with E-state index in [0.29, 0.717) is 27.6 Å². The van der Waals surface area contributed by atoms with Crippen LogP contribution in [0, 0.1) is 0 Å². The Balaban J connectivity index is 1.97. The molecule has 3 aromatic rings. The van der Waals surface area contributed by atoms with Gasteiger partial charge in [-0.25, -0.2) is 0 Å². The number of Topliss-reactive ketones (excluding diaryl/α,β-unsaturated/α-hetero) is 1. The average molecular weight is 420 g/mol. The highest BCUT2D eigenvalue weighted by Gasteiger charge is 2.47. The molecule has 150 valence electrons. The SMILES string of the molecule is COc1ccccc1N1C(=O)C(=O)C(=C(O)c2ccccc2)[C@H]1c1ccc(Cl)cc1. The number of ether oxygens (including phenoxy) is 1. The molecule has 30 heavy (non-hydrogen) atoms. The number of aliphatic hydroxyl groups excluding tert-OH is 1. The highest BCUT2D eigenvalue weighted by Crippen LogP contribution is 2.44. The average Bonchev–Trinajstić information content (AvgIpc) is 3.05. The zero-order chi connectivity index (χ0) is 21.3. The van der Waals surface area contributed by atoms with Crippen molar-refractivity contribution >= 4 is 34.7 Å². The molecule has 1 amide bonds. The highest BCUT2D eigenvalue weighted by molar-refractivity contribution is 6.52. The van der Waals surface area contributed by atoms with Crippen molar-refractivity contribution in [2.75, 3.05) is 12.0 Å². The second-order valence-corrected chi connectivity index (χ2v) is 7.19. The topological polar surface area (TPSA) is 66.8 Å². The van der Waals surface area contributed by atoms with Crippen LogP contribution in [0.25, 0.3) is 5.76 Å². The number of rotatable bonds is 4. The van der Waals surface area contributed by atoms with Gasteiger partial charge in [0.25, 0.3) is 11.7 Å². The van der Waals surface area contributed by atoms with E-state index in [1.54, 1.807) is 78.9 Å². The maximum atomic E-state index is 13.1. The second kappa shape index (κ2) is 8.05. The molecule has 0 saturated carbocycles. The van der Waals surface area contributed by atoms with Crippen molar-refractivity contribution in [3.63, 3.8) is 0 Å². The summed E-state index contributed by atoms with van der Waals surface area (Å²) in [5.41, 5.74) is 1.55. The van der Waals surface area contributed by atoms with Crippen LogP contribution in [-0.4, -0.2) is 23.9 Å². The van der Waals surface area contributed by atoms with E-state index in [1.807, 2.05) is 0 Å². The molecule has 0 radical (unpaired) electrons. The summed E-state index contributed by atoms with van der Waals surface area (Å²) in [6, 6.07) is 21.6. The third-order valence-electron chi connectivity index (χ3n) is 5.02. The Morgan fingerprint density at radius 1 is 0.933 bits per heavy atom. The molecule has 1 heterocycles. The predicted octanol–water partition coefficient (Wildman–Crippen LogP) is 4.97. The Labute approximate surface area is 178 Å². The quantitative estimate of drug-likeness (QED) is 0.368. The molecule has 0 aromatic heterocycles. The largest absolute Gasteiger partial charge is 0.507 e. The Kier molecular flexibility index (Phi) is 5.29. The zero-order valence-corrected chi connectivity index (χ0v) is 16.8. The number of para-hydroxylation sites is 2. The minimum absolute atomic E-state index is 0.0134. The number of nitrogens with zero attached hydrogens (tertiary/aromatic N) is 1. The molecule has 1 atom stereocenters. The Morgan fingerprint density at radius 2 is 1.57 bits per heavy atom. The normalized spacial score (nSPS) is 17.9. The van der Waals surface area contributed by atoms with Crippen LogP contribution in [0.1, 0.15) is 17.2 Å². The number of aliphatic hydroxyl groups is 1. The van der Waals surface area contributed by atoms with Gasteiger partial charge in [-0.05, 0) is 29.8 Å². The molecule has 6 heteroatoms. The van der Waals surface area contributed by atoms with E-state index in [4.69, 9.17) is 16.3 Å². The molecular formula is C24H18ClNO4. The maximum absolute atomic E-state index is 13.1. The van der Waals surface area contributed by atoms with E-state index >= 15 is 0 Å². The van der Waals surface area contributed by atoms with Crippen molar-refractivity contribution in [3.05, 3.63) is 101 Å². The van der Waals surface area contributed by atoms with E-state index < -0.39 is 17.7 Å². The van der Waals surface area contributed by atoms with E-state index in [-0.39, 0.29) is 11.3 Å². The van der Waals surface area contributed by atoms with Crippen LogP contribution < -0.4 is 9.64 Å². The van der Waals surface area contributed by atoms with Gasteiger partial charge in [0.05, 0.1) is 24.4 Å². The summed E-state index contributed by atoms with van der Waals surface area (Å²) >= 11 is 6.04. The third kappa shape index (κ3) is 3.33. The number of halogens is 1. The number of hydrogen-bond donors (Lipinski definition) is 1. The first-order valence-electron chi connectivity index (χ1n) is 9.28. The van der Waals surface area contributed by atoms with Gasteiger partial charge in [0.2, 0.25) is 0 Å². The van der Waals surface area contributed by atoms with Crippen LogP contribution in [-0.2, 0) is 9.59 Å². The molecule has 1 fully saturated rings. The highest BCUT2D eigenvalue weighted by atomic mass is 35.5. The number of amides is 1. The monoisotopic (exact) mass is 419 g/mol. The van der Waals surface area contributed by atoms with Crippen molar-refractivity contribution in [2.24, 2.45) is 0 Å². The lowest BCUT2D eigenvalue weighted by Crippen LogP contribution is -2.29. The molecule has 3 aromatic carbocycles. The van der Waals surface area contributed by atoms with E-state index in [1.165, 1.54) is 12.0 Å². The van der Waals surface area contributed by atoms with Gasteiger partial charge in [0, 0.05) is 10.6 Å². The minimum Gasteiger partial charge on any atom is -0.507 e. The van der Waals surface area contributed by atoms with E-state index in [2.05, 4.69) is 0 Å². The fourth-order valence-corrected chi connectivity index (χ4v) is 3.75. The number of benzene rings is 3. The van der Waals surface area contributed by atoms with Gasteiger partial charge in [-0.3, -0.25) is 14.5 Å². The van der Waals surface area contributed by atoms with E-state index in [9.17, 15) is 14.7 Å². The lowest BCUT2D eigenvalue weighted by Gasteiger charge is -2.26. The second-order valence-electron chi connectivity index (χ2n) is 6.76. The van der Waals surface area contributed by atoms with Crippen molar-refractivity contribution in [1.82, 2.24) is 0 Å². The molecule has 1 aliphatic rings. The Morgan fingerprint density at radius 3 is 2.23 bits per heavy atom. The van der Waals surface area contributed by atoms with Gasteiger partial charge in [-0.1, -0.05) is 66.2 Å². The van der Waals surface area contributed by atoms with Gasteiger partial charge in [0.1, 0.15) is 11.5 Å². The molecule has 1 aliphatic heterocycles. The van der Waals surface area contributed by atoms with E-state index in [0.717, 1.165) is 0 Å². The van der Waals surface area contributed by atoms with Gasteiger partial charge in [-0.15, -0.1) is 0 Å². The molecule has 0 aliphatic carbocycles. The number of methoxy groups -OCH3 is 1. The number of anilines is 1. The predicted molar refractivity (Wildman–Crippen MR) is 116 cm³/mol. The van der Waals surface area contributed by atoms with Crippen LogP contribution in [0.15, 0.2) is 84.4 Å². The fraction of sp³-hybridized carbons (Fsp3) is 0.0833. The molecule has 0 unspecified atom stereocenters. The fourth-order valence-electron chi connectivity index (χ4n) is 3.62. The summed E-state index contributed by atoms with van der Waals surface area (Å²) in [6.07, 6.45) is 0. The number of hydrogen-bond acceptors (Lipinski definition) is 4. The van der Waals surface area contributed by atoms with Crippen molar-refractivity contribution in [2.45, 2.75) is 6.04 Å². The summed E-state index contributed by atoms with van der Waals surface area (Å²) in [4.78, 5) is 27.6. The molecule has 0 bridgehead atoms. The molecule has 0 spiro atoms. The van der Waals surface area contributed by atoms with Crippen LogP contribution in [0.3, 0.4) is 0 Å². The first-order valence-corrected chi connectivity index (χ1v) is 9.65. The standard InChI is InChI=1S/C24H18ClNO4/c1-30-19-10-6-5-9-18(19)26-21(15-11-13-17(25)14-12-15)20(23(28)24(26)29)22(27)16-7-3-2-4-8-16/h2-14,21,27H,1H3/t21-/m1/s1. The summed E-state index contributed by atoms with van der Waals surface area (Å²) in [6.45, 7) is 0. The third-order valence-corrected chi connectivity index (χ3v) is 5.27. The number of carbonyl (C=O) groups is 2. The summed E-state index contributed by atoms with van der Waals surface area (Å²) in [5, 5.41) is 11.5. The first kappa shape index (κ1) is 19.7. The summed E-state index contributed by atoms with van der Waals surface area (Å²) in [7, 11) is 1.50. The molecular weight excluding hydrogens is 402 g/mol. The smallest absolute Gasteiger partial charge is 0.300 e. The van der Waals surface area contributed by atoms with Crippen molar-refractivity contribution < 1.29 is 19.4 Å². The van der Waals surface area contributed by atoms with Crippen LogP contribution in [0.5, 0.6) is 5.75 Å². The van der Waals surface area contributed by atoms with Crippen LogP contribution >= 0.6 is 11.6 Å². The van der Waals surface area contributed by atoms with Gasteiger partial charge < -0.3 is 9.84 Å². The molecule has 1 saturated heterocycles. The van der Waals surface area contributed by atoms with Crippen molar-refractivity contribution in [1.29, 1.82) is 0 Å². The van der Waals surface area contributed by atoms with Gasteiger partial charge >= 0.3 is 0 Å². The first-order chi connectivity index (χ1) is 14.5. The van der Waals surface area contributed by atoms with Gasteiger partial charge in [0.15, 0.2) is 0 Å². The molecule has 4 rings (SSSR count). The van der Waals surface area contributed by atoms with Crippen molar-refractivity contribution in [3.8, 4) is 5.75 Å². The lowest BCUT2D eigenvalue weighted by molar-refractivity contribution is -0.132. The van der Waals surface area contributed by atoms with Crippen LogP contribution in [0.4, 0.5) is 5.69 Å². The minimum atomic E-state index is -0.834. The zero-order valence-electron chi connectivity index (χ0n) is 16.1. The molecule has 1 N–H and O–H groups in total. The van der Waals surface area contributed by atoms with Gasteiger partial charge in [-0.2, -0.15) is 0 Å². The number of carbonyl (C=O) groups excluding carboxylic acids is 2. The lowest BCUT2D eigenvalue weighted by atomic mass is 9.95. The summed E-state index contributed by atoms with van der Waals surface area (Å²) < 4.78 is 5.42.